The van der Waals surface area contributed by atoms with Crippen molar-refractivity contribution in [2.24, 2.45) is 7.05 Å². The molecule has 1 aliphatic rings. The number of piperidine rings is 1. The average Bonchev–Trinajstić information content (AvgIpc) is 3.03. The molecule has 0 unspecified atom stereocenters. The van der Waals surface area contributed by atoms with Gasteiger partial charge in [-0.25, -0.2) is 9.97 Å². The van der Waals surface area contributed by atoms with Crippen LogP contribution in [-0.4, -0.2) is 56.0 Å². The summed E-state index contributed by atoms with van der Waals surface area (Å²) in [7, 11) is 3.48. The zero-order valence-electron chi connectivity index (χ0n) is 15.1. The van der Waals surface area contributed by atoms with Crippen LogP contribution in [0.4, 0.5) is 5.82 Å². The Morgan fingerprint density at radius 3 is 2.50 bits per heavy atom. The summed E-state index contributed by atoms with van der Waals surface area (Å²) in [5, 5.41) is 5.30. The van der Waals surface area contributed by atoms with Gasteiger partial charge in [0.15, 0.2) is 11.4 Å². The minimum absolute atomic E-state index is 0.0898. The van der Waals surface area contributed by atoms with Gasteiger partial charge in [0.2, 0.25) is 0 Å². The van der Waals surface area contributed by atoms with Crippen LogP contribution in [0.1, 0.15) is 18.7 Å². The number of rotatable bonds is 4. The van der Waals surface area contributed by atoms with Gasteiger partial charge in [0.05, 0.1) is 31.1 Å². The summed E-state index contributed by atoms with van der Waals surface area (Å²) < 4.78 is 12.7. The third-order valence-electron chi connectivity index (χ3n) is 4.54. The maximum Gasteiger partial charge on any atom is 0.316 e. The molecular formula is C17H21N7O2. The van der Waals surface area contributed by atoms with Gasteiger partial charge in [0.25, 0.3) is 0 Å². The van der Waals surface area contributed by atoms with Crippen molar-refractivity contribution >= 4 is 16.9 Å². The smallest absolute Gasteiger partial charge is 0.316 e. The molecule has 0 aromatic carbocycles. The molecule has 0 atom stereocenters. The van der Waals surface area contributed by atoms with E-state index in [9.17, 15) is 0 Å². The van der Waals surface area contributed by atoms with Crippen molar-refractivity contribution in [3.8, 4) is 11.8 Å². The predicted octanol–water partition coefficient (Wildman–Crippen LogP) is 1.52. The fourth-order valence-corrected chi connectivity index (χ4v) is 3.16. The Hall–Kier alpha value is -2.97. The SMILES string of the molecule is COc1cnc(OC2CCN(c3nc(C)nc4c3cnn4C)CC2)nc1. The number of aromatic nitrogens is 6. The van der Waals surface area contributed by atoms with E-state index in [1.165, 1.54) is 0 Å². The molecule has 0 N–H and O–H groups in total. The highest BCUT2D eigenvalue weighted by Gasteiger charge is 2.24. The predicted molar refractivity (Wildman–Crippen MR) is 95.5 cm³/mol. The van der Waals surface area contributed by atoms with Crippen LogP contribution in [-0.2, 0) is 7.05 Å². The fourth-order valence-electron chi connectivity index (χ4n) is 3.16. The maximum absolute atomic E-state index is 5.90. The van der Waals surface area contributed by atoms with Crippen LogP contribution in [0.2, 0.25) is 0 Å². The number of fused-ring (bicyclic) bond motifs is 1. The van der Waals surface area contributed by atoms with Crippen LogP contribution in [0, 0.1) is 6.92 Å². The minimum atomic E-state index is 0.0898. The highest BCUT2D eigenvalue weighted by atomic mass is 16.5. The largest absolute Gasteiger partial charge is 0.494 e. The topological polar surface area (TPSA) is 91.1 Å². The van der Waals surface area contributed by atoms with Crippen molar-refractivity contribution in [1.82, 2.24) is 29.7 Å². The van der Waals surface area contributed by atoms with E-state index in [0.29, 0.717) is 11.8 Å². The van der Waals surface area contributed by atoms with Crippen LogP contribution >= 0.6 is 0 Å². The zero-order chi connectivity index (χ0) is 18.1. The van der Waals surface area contributed by atoms with Gasteiger partial charge >= 0.3 is 6.01 Å². The molecule has 3 aromatic heterocycles. The van der Waals surface area contributed by atoms with Crippen molar-refractivity contribution in [1.29, 1.82) is 0 Å². The first-order chi connectivity index (χ1) is 12.6. The van der Waals surface area contributed by atoms with E-state index in [-0.39, 0.29) is 6.10 Å². The molecule has 0 radical (unpaired) electrons. The molecule has 4 rings (SSSR count). The first kappa shape index (κ1) is 16.5. The minimum Gasteiger partial charge on any atom is -0.494 e. The van der Waals surface area contributed by atoms with Gasteiger partial charge in [-0.15, -0.1) is 0 Å². The van der Waals surface area contributed by atoms with Crippen LogP contribution in [0.5, 0.6) is 11.8 Å². The Kier molecular flexibility index (Phi) is 4.27. The Morgan fingerprint density at radius 2 is 1.81 bits per heavy atom. The Morgan fingerprint density at radius 1 is 1.08 bits per heavy atom. The van der Waals surface area contributed by atoms with Gasteiger partial charge in [0.1, 0.15) is 17.7 Å². The monoisotopic (exact) mass is 355 g/mol. The molecule has 9 heteroatoms. The first-order valence-corrected chi connectivity index (χ1v) is 8.58. The van der Waals surface area contributed by atoms with Crippen LogP contribution in [0.15, 0.2) is 18.6 Å². The molecule has 0 spiro atoms. The van der Waals surface area contributed by atoms with Crippen LogP contribution < -0.4 is 14.4 Å². The van der Waals surface area contributed by atoms with E-state index in [2.05, 4.69) is 29.9 Å². The first-order valence-electron chi connectivity index (χ1n) is 8.58. The van der Waals surface area contributed by atoms with Crippen molar-refractivity contribution in [2.45, 2.75) is 25.9 Å². The highest BCUT2D eigenvalue weighted by Crippen LogP contribution is 2.27. The number of hydrogen-bond donors (Lipinski definition) is 0. The van der Waals surface area contributed by atoms with Crippen molar-refractivity contribution in [3.05, 3.63) is 24.4 Å². The summed E-state index contributed by atoms with van der Waals surface area (Å²) >= 11 is 0. The van der Waals surface area contributed by atoms with Gasteiger partial charge in [-0.2, -0.15) is 15.1 Å². The molecule has 1 fully saturated rings. The molecule has 0 aliphatic carbocycles. The van der Waals surface area contributed by atoms with Crippen molar-refractivity contribution in [2.75, 3.05) is 25.1 Å². The molecule has 0 amide bonds. The van der Waals surface area contributed by atoms with Gasteiger partial charge in [-0.05, 0) is 6.92 Å². The lowest BCUT2D eigenvalue weighted by Crippen LogP contribution is -2.39. The second-order valence-corrected chi connectivity index (χ2v) is 6.31. The number of aryl methyl sites for hydroxylation is 2. The lowest BCUT2D eigenvalue weighted by atomic mass is 10.1. The molecule has 3 aromatic rings. The number of ether oxygens (including phenoxy) is 2. The Labute approximate surface area is 151 Å². The van der Waals surface area contributed by atoms with E-state index < -0.39 is 0 Å². The maximum atomic E-state index is 5.90. The number of nitrogens with zero attached hydrogens (tertiary/aromatic N) is 7. The lowest BCUT2D eigenvalue weighted by molar-refractivity contribution is 0.156. The molecular weight excluding hydrogens is 334 g/mol. The third-order valence-corrected chi connectivity index (χ3v) is 4.54. The second-order valence-electron chi connectivity index (χ2n) is 6.31. The average molecular weight is 355 g/mol. The number of methoxy groups -OCH3 is 1. The van der Waals surface area contributed by atoms with Crippen molar-refractivity contribution < 1.29 is 9.47 Å². The molecule has 1 saturated heterocycles. The Bertz CT molecular complexity index is 901. The normalized spacial score (nSPS) is 15.4. The molecule has 136 valence electrons. The standard InChI is InChI=1S/C17H21N7O2/c1-11-21-15-14(10-20-23(15)2)16(22-11)24-6-4-12(5-7-24)26-17-18-8-13(25-3)9-19-17/h8-10,12H,4-7H2,1-3H3. The van der Waals surface area contributed by atoms with E-state index >= 15 is 0 Å². The Balaban J connectivity index is 1.45. The van der Waals surface area contributed by atoms with Crippen molar-refractivity contribution in [3.63, 3.8) is 0 Å². The summed E-state index contributed by atoms with van der Waals surface area (Å²) in [6.07, 6.45) is 6.89. The second kappa shape index (κ2) is 6.74. The molecule has 9 nitrogen and oxygen atoms in total. The molecule has 4 heterocycles. The third kappa shape index (κ3) is 3.12. The van der Waals surface area contributed by atoms with Crippen LogP contribution in [0.25, 0.3) is 11.0 Å². The summed E-state index contributed by atoms with van der Waals surface area (Å²) in [5.74, 6) is 2.31. The summed E-state index contributed by atoms with van der Waals surface area (Å²) in [6, 6.07) is 0.386. The van der Waals surface area contributed by atoms with E-state index in [1.54, 1.807) is 24.2 Å². The fraction of sp³-hybridized carbons (Fsp3) is 0.471. The quantitative estimate of drug-likeness (QED) is 0.696. The number of anilines is 1. The van der Waals surface area contributed by atoms with Gasteiger partial charge < -0.3 is 14.4 Å². The lowest BCUT2D eigenvalue weighted by Gasteiger charge is -2.32. The van der Waals surface area contributed by atoms with E-state index in [4.69, 9.17) is 9.47 Å². The molecule has 1 aliphatic heterocycles. The van der Waals surface area contributed by atoms with Gasteiger partial charge in [-0.3, -0.25) is 4.68 Å². The van der Waals surface area contributed by atoms with Gasteiger partial charge in [0, 0.05) is 33.0 Å². The van der Waals surface area contributed by atoms with Crippen LogP contribution in [0.3, 0.4) is 0 Å². The van der Waals surface area contributed by atoms with E-state index in [1.807, 2.05) is 20.2 Å². The summed E-state index contributed by atoms with van der Waals surface area (Å²) in [5.41, 5.74) is 0.859. The highest BCUT2D eigenvalue weighted by molar-refractivity contribution is 5.87. The molecule has 0 saturated carbocycles. The molecule has 0 bridgehead atoms. The van der Waals surface area contributed by atoms with E-state index in [0.717, 1.165) is 48.6 Å². The summed E-state index contributed by atoms with van der Waals surface area (Å²) in [6.45, 7) is 3.61. The molecule has 26 heavy (non-hydrogen) atoms. The van der Waals surface area contributed by atoms with Gasteiger partial charge in [-0.1, -0.05) is 0 Å². The zero-order valence-corrected chi connectivity index (χ0v) is 15.1. The summed E-state index contributed by atoms with van der Waals surface area (Å²) in [4.78, 5) is 19.8. The number of hydrogen-bond acceptors (Lipinski definition) is 8.